The van der Waals surface area contributed by atoms with E-state index < -0.39 is 0 Å². The number of rotatable bonds is 3. The van der Waals surface area contributed by atoms with Gasteiger partial charge in [-0.2, -0.15) is 5.26 Å². The Morgan fingerprint density at radius 1 is 1.20 bits per heavy atom. The molecule has 0 bridgehead atoms. The number of nitrogens with zero attached hydrogens (tertiary/aromatic N) is 2. The second kappa shape index (κ2) is 5.48. The van der Waals surface area contributed by atoms with Gasteiger partial charge >= 0.3 is 0 Å². The summed E-state index contributed by atoms with van der Waals surface area (Å²) in [5, 5.41) is 11.9. The summed E-state index contributed by atoms with van der Waals surface area (Å²) >= 11 is 0. The lowest BCUT2D eigenvalue weighted by molar-refractivity contribution is 0.140. The molecule has 2 aliphatic rings. The largest absolute Gasteiger partial charge is 0.300 e. The maximum Gasteiger partial charge on any atom is 0.0843 e. The van der Waals surface area contributed by atoms with E-state index in [1.54, 1.807) is 0 Å². The van der Waals surface area contributed by atoms with Gasteiger partial charge in [0.2, 0.25) is 0 Å². The van der Waals surface area contributed by atoms with Gasteiger partial charge in [0, 0.05) is 18.6 Å². The highest BCUT2D eigenvalue weighted by Gasteiger charge is 2.27. The summed E-state index contributed by atoms with van der Waals surface area (Å²) in [5.41, 5.74) is 0. The van der Waals surface area contributed by atoms with Gasteiger partial charge in [-0.05, 0) is 32.2 Å². The van der Waals surface area contributed by atoms with E-state index in [1.165, 1.54) is 45.1 Å². The molecule has 1 aliphatic heterocycles. The highest BCUT2D eigenvalue weighted by molar-refractivity contribution is 4.87. The van der Waals surface area contributed by atoms with Gasteiger partial charge in [-0.25, -0.2) is 0 Å². The van der Waals surface area contributed by atoms with E-state index in [0.29, 0.717) is 12.6 Å². The monoisotopic (exact) mass is 207 g/mol. The zero-order valence-corrected chi connectivity index (χ0v) is 9.41. The summed E-state index contributed by atoms with van der Waals surface area (Å²) in [6, 6.07) is 3.57. The fourth-order valence-electron chi connectivity index (χ4n) is 2.96. The van der Waals surface area contributed by atoms with Crippen LogP contribution in [-0.4, -0.2) is 36.6 Å². The second-order valence-corrected chi connectivity index (χ2v) is 4.81. The van der Waals surface area contributed by atoms with Crippen molar-refractivity contribution < 1.29 is 0 Å². The van der Waals surface area contributed by atoms with Crippen molar-refractivity contribution in [3.05, 3.63) is 0 Å². The van der Waals surface area contributed by atoms with E-state index in [1.807, 2.05) is 0 Å². The van der Waals surface area contributed by atoms with Crippen molar-refractivity contribution in [2.24, 2.45) is 0 Å². The first-order valence-corrected chi connectivity index (χ1v) is 6.24. The highest BCUT2D eigenvalue weighted by atomic mass is 15.2. The average Bonchev–Trinajstić information content (AvgIpc) is 2.80. The van der Waals surface area contributed by atoms with E-state index >= 15 is 0 Å². The Balaban J connectivity index is 1.78. The standard InChI is InChI=1S/C12H21N3/c13-7-8-14-11-4-3-9-15(10-11)12-5-1-2-6-12/h11-12,14H,1-6,8-10H2. The van der Waals surface area contributed by atoms with Crippen molar-refractivity contribution in [2.45, 2.75) is 50.6 Å². The van der Waals surface area contributed by atoms with Crippen LogP contribution in [0.3, 0.4) is 0 Å². The lowest BCUT2D eigenvalue weighted by Crippen LogP contribution is -2.49. The van der Waals surface area contributed by atoms with E-state index in [9.17, 15) is 0 Å². The molecule has 15 heavy (non-hydrogen) atoms. The second-order valence-electron chi connectivity index (χ2n) is 4.81. The molecule has 0 aromatic carbocycles. The van der Waals surface area contributed by atoms with Gasteiger partial charge in [0.15, 0.2) is 0 Å². The summed E-state index contributed by atoms with van der Waals surface area (Å²) in [4.78, 5) is 2.64. The first kappa shape index (κ1) is 10.9. The predicted molar refractivity (Wildman–Crippen MR) is 60.5 cm³/mol. The van der Waals surface area contributed by atoms with E-state index in [0.717, 1.165) is 12.6 Å². The number of nitrogens with one attached hydrogen (secondary N) is 1. The van der Waals surface area contributed by atoms with E-state index in [4.69, 9.17) is 5.26 Å². The quantitative estimate of drug-likeness (QED) is 0.713. The number of piperidine rings is 1. The smallest absolute Gasteiger partial charge is 0.0843 e. The molecule has 1 unspecified atom stereocenters. The van der Waals surface area contributed by atoms with Crippen molar-refractivity contribution in [1.82, 2.24) is 10.2 Å². The Labute approximate surface area is 92.4 Å². The molecule has 0 radical (unpaired) electrons. The number of hydrogen-bond acceptors (Lipinski definition) is 3. The molecule has 1 aliphatic carbocycles. The molecule has 2 fully saturated rings. The van der Waals surface area contributed by atoms with E-state index in [-0.39, 0.29) is 0 Å². The molecule has 1 heterocycles. The third-order valence-corrected chi connectivity index (χ3v) is 3.76. The lowest BCUT2D eigenvalue weighted by atomic mass is 10.0. The van der Waals surface area contributed by atoms with Gasteiger partial charge in [0.1, 0.15) is 0 Å². The van der Waals surface area contributed by atoms with Gasteiger partial charge in [-0.1, -0.05) is 12.8 Å². The molecular formula is C12H21N3. The van der Waals surface area contributed by atoms with Gasteiger partial charge < -0.3 is 5.32 Å². The summed E-state index contributed by atoms with van der Waals surface area (Å²) < 4.78 is 0. The van der Waals surface area contributed by atoms with Crippen molar-refractivity contribution in [2.75, 3.05) is 19.6 Å². The number of hydrogen-bond donors (Lipinski definition) is 1. The first-order valence-electron chi connectivity index (χ1n) is 6.24. The van der Waals surface area contributed by atoms with Gasteiger partial charge in [-0.15, -0.1) is 0 Å². The zero-order chi connectivity index (χ0) is 10.5. The molecular weight excluding hydrogens is 186 g/mol. The van der Waals surface area contributed by atoms with Crippen molar-refractivity contribution in [3.63, 3.8) is 0 Å². The van der Waals surface area contributed by atoms with Gasteiger partial charge in [-0.3, -0.25) is 4.90 Å². The molecule has 3 heteroatoms. The molecule has 3 nitrogen and oxygen atoms in total. The van der Waals surface area contributed by atoms with Crippen LogP contribution in [0.25, 0.3) is 0 Å². The van der Waals surface area contributed by atoms with Crippen LogP contribution in [0, 0.1) is 11.3 Å². The van der Waals surface area contributed by atoms with Crippen LogP contribution in [0.15, 0.2) is 0 Å². The van der Waals surface area contributed by atoms with Crippen molar-refractivity contribution in [1.29, 1.82) is 5.26 Å². The molecule has 1 saturated carbocycles. The number of likely N-dealkylation sites (tertiary alicyclic amines) is 1. The molecule has 1 saturated heterocycles. The molecule has 1 N–H and O–H groups in total. The molecule has 84 valence electrons. The molecule has 0 aromatic rings. The SMILES string of the molecule is N#CCNC1CCCN(C2CCCC2)C1. The zero-order valence-electron chi connectivity index (χ0n) is 9.41. The Kier molecular flexibility index (Phi) is 3.99. The Morgan fingerprint density at radius 3 is 2.73 bits per heavy atom. The summed E-state index contributed by atoms with van der Waals surface area (Å²) in [6.07, 6.45) is 8.15. The number of nitriles is 1. The average molecular weight is 207 g/mol. The van der Waals surface area contributed by atoms with Crippen LogP contribution in [0.5, 0.6) is 0 Å². The molecule has 0 spiro atoms. The topological polar surface area (TPSA) is 39.1 Å². The van der Waals surface area contributed by atoms with Crippen LogP contribution in [0.4, 0.5) is 0 Å². The minimum atomic E-state index is 0.503. The summed E-state index contributed by atoms with van der Waals surface area (Å²) in [5.74, 6) is 0. The van der Waals surface area contributed by atoms with Crippen LogP contribution in [-0.2, 0) is 0 Å². The van der Waals surface area contributed by atoms with Crippen molar-refractivity contribution >= 4 is 0 Å². The Bertz CT molecular complexity index is 228. The maximum absolute atomic E-state index is 8.55. The fraction of sp³-hybridized carbons (Fsp3) is 0.917. The Morgan fingerprint density at radius 2 is 2.00 bits per heavy atom. The third kappa shape index (κ3) is 2.93. The minimum absolute atomic E-state index is 0.503. The molecule has 0 aromatic heterocycles. The molecule has 0 amide bonds. The maximum atomic E-state index is 8.55. The third-order valence-electron chi connectivity index (χ3n) is 3.76. The van der Waals surface area contributed by atoms with Crippen LogP contribution < -0.4 is 5.32 Å². The predicted octanol–water partition coefficient (Wildman–Crippen LogP) is 1.51. The van der Waals surface area contributed by atoms with Crippen LogP contribution in [0.2, 0.25) is 0 Å². The minimum Gasteiger partial charge on any atom is -0.300 e. The highest BCUT2D eigenvalue weighted by Crippen LogP contribution is 2.25. The first-order chi connectivity index (χ1) is 7.40. The Hall–Kier alpha value is -0.590. The summed E-state index contributed by atoms with van der Waals surface area (Å²) in [6.45, 7) is 2.94. The summed E-state index contributed by atoms with van der Waals surface area (Å²) in [7, 11) is 0. The van der Waals surface area contributed by atoms with Crippen LogP contribution >= 0.6 is 0 Å². The van der Waals surface area contributed by atoms with E-state index in [2.05, 4.69) is 16.3 Å². The lowest BCUT2D eigenvalue weighted by Gasteiger charge is -2.36. The van der Waals surface area contributed by atoms with Crippen LogP contribution in [0.1, 0.15) is 38.5 Å². The molecule has 2 rings (SSSR count). The normalized spacial score (nSPS) is 29.1. The van der Waals surface area contributed by atoms with Gasteiger partial charge in [0.25, 0.3) is 0 Å². The molecule has 1 atom stereocenters. The fourth-order valence-corrected chi connectivity index (χ4v) is 2.96. The van der Waals surface area contributed by atoms with Gasteiger partial charge in [0.05, 0.1) is 12.6 Å². The van der Waals surface area contributed by atoms with Crippen molar-refractivity contribution in [3.8, 4) is 6.07 Å².